The topological polar surface area (TPSA) is 69.0 Å². The smallest absolute Gasteiger partial charge is 0.343 e. The van der Waals surface area contributed by atoms with Crippen LogP contribution in [0.2, 0.25) is 0 Å². The van der Waals surface area contributed by atoms with Gasteiger partial charge in [-0.25, -0.2) is 18.7 Å². The Morgan fingerprint density at radius 1 is 1.43 bits per heavy atom. The molecular formula is C19H20BFN4O3. The molecular weight excluding hydrogens is 362 g/mol. The number of carbonyl (C=O) groups is 1. The minimum Gasteiger partial charge on any atom is -0.462 e. The third kappa shape index (κ3) is 3.33. The van der Waals surface area contributed by atoms with Crippen molar-refractivity contribution in [3.63, 3.8) is 0 Å². The van der Waals surface area contributed by atoms with Crippen molar-refractivity contribution in [3.05, 3.63) is 53.6 Å². The molecule has 0 amide bonds. The van der Waals surface area contributed by atoms with Gasteiger partial charge in [0.1, 0.15) is 25.0 Å². The van der Waals surface area contributed by atoms with Gasteiger partial charge in [0.15, 0.2) is 5.65 Å². The van der Waals surface area contributed by atoms with Crippen LogP contribution >= 0.6 is 0 Å². The van der Waals surface area contributed by atoms with Crippen molar-refractivity contribution in [2.24, 2.45) is 0 Å². The third-order valence-electron chi connectivity index (χ3n) is 4.78. The highest BCUT2D eigenvalue weighted by Crippen LogP contribution is 2.30. The zero-order valence-corrected chi connectivity index (χ0v) is 15.8. The Labute approximate surface area is 162 Å². The molecule has 2 aromatic heterocycles. The number of anilines is 1. The number of halogens is 1. The fourth-order valence-corrected chi connectivity index (χ4v) is 3.43. The fourth-order valence-electron chi connectivity index (χ4n) is 3.43. The minimum absolute atomic E-state index is 0.272. The van der Waals surface area contributed by atoms with Gasteiger partial charge in [-0.2, -0.15) is 5.10 Å². The lowest BCUT2D eigenvalue weighted by Crippen LogP contribution is -2.41. The van der Waals surface area contributed by atoms with Gasteiger partial charge in [-0.1, -0.05) is 17.6 Å². The number of benzene rings is 1. The summed E-state index contributed by atoms with van der Waals surface area (Å²) in [5, 5.41) is 4.16. The second-order valence-corrected chi connectivity index (χ2v) is 6.64. The first-order chi connectivity index (χ1) is 13.6. The van der Waals surface area contributed by atoms with Gasteiger partial charge in [0.05, 0.1) is 32.1 Å². The van der Waals surface area contributed by atoms with Gasteiger partial charge in [0, 0.05) is 18.3 Å². The van der Waals surface area contributed by atoms with Crippen LogP contribution in [-0.4, -0.2) is 54.8 Å². The number of aromatic nitrogens is 3. The number of carbonyl (C=O) groups excluding carboxylic acids is 1. The molecule has 0 N–H and O–H groups in total. The molecule has 0 aliphatic carbocycles. The van der Waals surface area contributed by atoms with E-state index in [2.05, 4.69) is 10.1 Å². The molecule has 1 atom stereocenters. The normalized spacial score (nSPS) is 17.1. The molecule has 1 saturated heterocycles. The van der Waals surface area contributed by atoms with Crippen LogP contribution in [0, 0.1) is 5.82 Å². The summed E-state index contributed by atoms with van der Waals surface area (Å²) in [5.74, 6) is -0.109. The van der Waals surface area contributed by atoms with E-state index < -0.39 is 5.97 Å². The summed E-state index contributed by atoms with van der Waals surface area (Å²) in [7, 11) is 1.93. The molecule has 0 bridgehead atoms. The molecule has 0 saturated carbocycles. The number of esters is 1. The first-order valence-electron chi connectivity index (χ1n) is 9.20. The molecule has 3 heterocycles. The highest BCUT2D eigenvalue weighted by Gasteiger charge is 2.29. The van der Waals surface area contributed by atoms with Crippen molar-refractivity contribution in [2.45, 2.75) is 13.0 Å². The van der Waals surface area contributed by atoms with Gasteiger partial charge in [-0.3, -0.25) is 0 Å². The van der Waals surface area contributed by atoms with E-state index in [1.807, 2.05) is 18.8 Å². The maximum Gasteiger partial charge on any atom is 0.343 e. The van der Waals surface area contributed by atoms with Crippen molar-refractivity contribution >= 4 is 30.7 Å². The van der Waals surface area contributed by atoms with Gasteiger partial charge >= 0.3 is 5.97 Å². The van der Waals surface area contributed by atoms with Crippen molar-refractivity contribution < 1.29 is 18.7 Å². The van der Waals surface area contributed by atoms with Crippen molar-refractivity contribution in [2.75, 3.05) is 31.3 Å². The van der Waals surface area contributed by atoms with Gasteiger partial charge in [-0.05, 0) is 19.1 Å². The van der Waals surface area contributed by atoms with E-state index in [0.29, 0.717) is 42.4 Å². The highest BCUT2D eigenvalue weighted by molar-refractivity contribution is 6.32. The molecule has 1 aliphatic heterocycles. The number of hydrogen-bond acceptors (Lipinski definition) is 6. The number of nitrogens with zero attached hydrogens (tertiary/aromatic N) is 4. The Bertz CT molecular complexity index is 1030. The molecule has 28 heavy (non-hydrogen) atoms. The average Bonchev–Trinajstić information content (AvgIpc) is 3.13. The van der Waals surface area contributed by atoms with E-state index in [-0.39, 0.29) is 18.5 Å². The molecule has 3 aromatic rings. The van der Waals surface area contributed by atoms with Crippen LogP contribution in [0.1, 0.15) is 28.9 Å². The van der Waals surface area contributed by atoms with Gasteiger partial charge < -0.3 is 14.4 Å². The molecule has 1 aromatic carbocycles. The molecule has 1 fully saturated rings. The lowest BCUT2D eigenvalue weighted by molar-refractivity contribution is 0.0528. The summed E-state index contributed by atoms with van der Waals surface area (Å²) in [5.41, 5.74) is 2.26. The number of rotatable bonds is 4. The molecule has 144 valence electrons. The van der Waals surface area contributed by atoms with Crippen LogP contribution in [0.15, 0.2) is 36.7 Å². The predicted octanol–water partition coefficient (Wildman–Crippen LogP) is 0.881. The molecule has 0 spiro atoms. The van der Waals surface area contributed by atoms with Crippen molar-refractivity contribution in [1.29, 1.82) is 0 Å². The monoisotopic (exact) mass is 382 g/mol. The van der Waals surface area contributed by atoms with Crippen LogP contribution in [0.3, 0.4) is 0 Å². The van der Waals surface area contributed by atoms with Crippen LogP contribution in [0.5, 0.6) is 0 Å². The van der Waals surface area contributed by atoms with Crippen LogP contribution in [-0.2, 0) is 9.47 Å². The summed E-state index contributed by atoms with van der Waals surface area (Å²) in [6.45, 7) is 3.45. The quantitative estimate of drug-likeness (QED) is 0.493. The number of morpholine rings is 1. The van der Waals surface area contributed by atoms with E-state index in [0.717, 1.165) is 5.46 Å². The fraction of sp³-hybridized carbons (Fsp3) is 0.316. The summed E-state index contributed by atoms with van der Waals surface area (Å²) in [6, 6.07) is 6.56. The Morgan fingerprint density at radius 3 is 3.11 bits per heavy atom. The van der Waals surface area contributed by atoms with Crippen LogP contribution in [0.4, 0.5) is 10.2 Å². The van der Waals surface area contributed by atoms with E-state index in [9.17, 15) is 9.18 Å². The molecule has 1 unspecified atom stereocenters. The molecule has 4 rings (SSSR count). The van der Waals surface area contributed by atoms with E-state index >= 15 is 0 Å². The molecule has 0 radical (unpaired) electrons. The molecule has 7 nitrogen and oxygen atoms in total. The second kappa shape index (κ2) is 7.59. The highest BCUT2D eigenvalue weighted by atomic mass is 19.1. The third-order valence-corrected chi connectivity index (χ3v) is 4.78. The lowest BCUT2D eigenvalue weighted by Gasteiger charge is -2.37. The standard InChI is InChI=1S/C19H20BFN4O3/c1-2-28-19(26)14-10-22-25-6-5-17(23-18(14)25)24-7-8-27-11-16(24)13-9-12(20)3-4-15(13)21/h3-6,9-10,16H,2,7-8,11,20H2,1H3. The summed E-state index contributed by atoms with van der Waals surface area (Å²) in [4.78, 5) is 18.8. The Kier molecular flexibility index (Phi) is 5.00. The second-order valence-electron chi connectivity index (χ2n) is 6.64. The van der Waals surface area contributed by atoms with Crippen LogP contribution in [0.25, 0.3) is 5.65 Å². The lowest BCUT2D eigenvalue weighted by atomic mass is 9.91. The van der Waals surface area contributed by atoms with E-state index in [1.54, 1.807) is 25.3 Å². The van der Waals surface area contributed by atoms with Crippen molar-refractivity contribution in [3.8, 4) is 0 Å². The Balaban J connectivity index is 1.75. The van der Waals surface area contributed by atoms with E-state index in [1.165, 1.54) is 16.8 Å². The van der Waals surface area contributed by atoms with Gasteiger partial charge in [0.2, 0.25) is 0 Å². The summed E-state index contributed by atoms with van der Waals surface area (Å²) < 4.78 is 26.8. The number of hydrogen-bond donors (Lipinski definition) is 0. The SMILES string of the molecule is Bc1ccc(F)c(C2COCCN2c2ccn3ncc(C(=O)OCC)c3n2)c1. The number of fused-ring (bicyclic) bond motifs is 1. The van der Waals surface area contributed by atoms with Crippen LogP contribution < -0.4 is 10.4 Å². The summed E-state index contributed by atoms with van der Waals surface area (Å²) >= 11 is 0. The largest absolute Gasteiger partial charge is 0.462 e. The average molecular weight is 382 g/mol. The van der Waals surface area contributed by atoms with Gasteiger partial charge in [0.25, 0.3) is 0 Å². The zero-order valence-electron chi connectivity index (χ0n) is 15.8. The molecule has 1 aliphatic rings. The first-order valence-corrected chi connectivity index (χ1v) is 9.20. The Hall–Kier alpha value is -2.94. The molecule has 9 heteroatoms. The first kappa shape index (κ1) is 18.4. The van der Waals surface area contributed by atoms with E-state index in [4.69, 9.17) is 9.47 Å². The maximum atomic E-state index is 14.5. The predicted molar refractivity (Wildman–Crippen MR) is 104 cm³/mol. The number of ether oxygens (including phenoxy) is 2. The zero-order chi connectivity index (χ0) is 19.7. The van der Waals surface area contributed by atoms with Crippen molar-refractivity contribution in [1.82, 2.24) is 14.6 Å². The van der Waals surface area contributed by atoms with Gasteiger partial charge in [-0.15, -0.1) is 0 Å². The summed E-state index contributed by atoms with van der Waals surface area (Å²) in [6.07, 6.45) is 3.18. The Morgan fingerprint density at radius 2 is 2.29 bits per heavy atom. The maximum absolute atomic E-state index is 14.5. The minimum atomic E-state index is -0.467.